The van der Waals surface area contributed by atoms with E-state index in [1.54, 1.807) is 7.05 Å². The number of carbonyl (C=O) groups excluding carboxylic acids is 1. The summed E-state index contributed by atoms with van der Waals surface area (Å²) < 4.78 is 10.7. The number of guanidine groups is 1. The molecule has 7 nitrogen and oxygen atoms in total. The van der Waals surface area contributed by atoms with E-state index in [1.807, 2.05) is 20.8 Å². The lowest BCUT2D eigenvalue weighted by Gasteiger charge is -2.19. The van der Waals surface area contributed by atoms with Crippen LogP contribution in [-0.4, -0.2) is 57.5 Å². The summed E-state index contributed by atoms with van der Waals surface area (Å²) in [5, 5.41) is 9.17. The largest absolute Gasteiger partial charge is 0.444 e. The summed E-state index contributed by atoms with van der Waals surface area (Å²) in [5.74, 6) is 1.33. The molecular weight excluding hydrogens is 435 g/mol. The second kappa shape index (κ2) is 15.5. The molecule has 0 aliphatic rings. The maximum absolute atomic E-state index is 11.5. The van der Waals surface area contributed by atoms with Crippen LogP contribution in [0.4, 0.5) is 4.79 Å². The van der Waals surface area contributed by atoms with Crippen molar-refractivity contribution in [2.45, 2.75) is 53.1 Å². The van der Waals surface area contributed by atoms with Gasteiger partial charge in [0.2, 0.25) is 0 Å². The highest BCUT2D eigenvalue weighted by molar-refractivity contribution is 14.0. The Kier molecular flexibility index (Phi) is 16.4. The van der Waals surface area contributed by atoms with Gasteiger partial charge in [-0.2, -0.15) is 0 Å². The molecular formula is C17H37IN4O3. The molecule has 8 heteroatoms. The Balaban J connectivity index is 0. The fraction of sp³-hybridized carbons (Fsp3) is 0.882. The molecule has 0 rings (SSSR count). The van der Waals surface area contributed by atoms with Crippen molar-refractivity contribution < 1.29 is 14.3 Å². The monoisotopic (exact) mass is 472 g/mol. The molecule has 0 saturated carbocycles. The second-order valence-corrected chi connectivity index (χ2v) is 7.03. The molecule has 3 N–H and O–H groups in total. The van der Waals surface area contributed by atoms with E-state index < -0.39 is 5.60 Å². The van der Waals surface area contributed by atoms with Crippen molar-refractivity contribution in [2.75, 3.05) is 39.9 Å². The predicted octanol–water partition coefficient (Wildman–Crippen LogP) is 2.75. The molecule has 25 heavy (non-hydrogen) atoms. The van der Waals surface area contributed by atoms with Gasteiger partial charge in [-0.1, -0.05) is 13.8 Å². The fourth-order valence-corrected chi connectivity index (χ4v) is 1.72. The highest BCUT2D eigenvalue weighted by Crippen LogP contribution is 2.06. The maximum atomic E-state index is 11.5. The Morgan fingerprint density at radius 1 is 1.04 bits per heavy atom. The third kappa shape index (κ3) is 19.4. The average molecular weight is 472 g/mol. The van der Waals surface area contributed by atoms with E-state index in [2.05, 4.69) is 34.8 Å². The fourth-order valence-electron chi connectivity index (χ4n) is 1.72. The van der Waals surface area contributed by atoms with E-state index in [0.29, 0.717) is 12.5 Å². The van der Waals surface area contributed by atoms with Crippen LogP contribution in [0.15, 0.2) is 4.99 Å². The number of amides is 1. The molecule has 0 heterocycles. The third-order valence-corrected chi connectivity index (χ3v) is 2.75. The molecule has 0 aromatic carbocycles. The number of ether oxygens (including phenoxy) is 2. The summed E-state index contributed by atoms with van der Waals surface area (Å²) in [5.41, 5.74) is -0.465. The minimum Gasteiger partial charge on any atom is -0.444 e. The molecule has 0 bridgehead atoms. The number of nitrogens with zero attached hydrogens (tertiary/aromatic N) is 1. The molecule has 0 spiro atoms. The van der Waals surface area contributed by atoms with E-state index in [1.165, 1.54) is 0 Å². The van der Waals surface area contributed by atoms with Gasteiger partial charge in [-0.25, -0.2) is 4.79 Å². The number of aliphatic imine (C=N–C) groups is 1. The first kappa shape index (κ1) is 26.5. The number of rotatable bonds is 10. The summed E-state index contributed by atoms with van der Waals surface area (Å²) in [6.45, 7) is 13.5. The van der Waals surface area contributed by atoms with Crippen molar-refractivity contribution in [2.24, 2.45) is 10.9 Å². The highest BCUT2D eigenvalue weighted by Gasteiger charge is 2.15. The smallest absolute Gasteiger partial charge is 0.407 e. The van der Waals surface area contributed by atoms with Crippen molar-refractivity contribution >= 4 is 36.0 Å². The normalized spacial score (nSPS) is 11.7. The van der Waals surface area contributed by atoms with E-state index in [4.69, 9.17) is 9.47 Å². The highest BCUT2D eigenvalue weighted by atomic mass is 127. The number of alkyl carbamates (subject to hydrolysis) is 1. The molecule has 1 amide bonds. The average Bonchev–Trinajstić information content (AvgIpc) is 2.46. The van der Waals surface area contributed by atoms with Crippen molar-refractivity contribution in [1.29, 1.82) is 0 Å². The van der Waals surface area contributed by atoms with E-state index in [9.17, 15) is 4.79 Å². The van der Waals surface area contributed by atoms with Gasteiger partial charge in [0.25, 0.3) is 0 Å². The van der Waals surface area contributed by atoms with Gasteiger partial charge in [0, 0.05) is 39.9 Å². The van der Waals surface area contributed by atoms with Crippen molar-refractivity contribution in [3.63, 3.8) is 0 Å². The van der Waals surface area contributed by atoms with Gasteiger partial charge in [0.05, 0.1) is 0 Å². The first-order valence-electron chi connectivity index (χ1n) is 8.73. The van der Waals surface area contributed by atoms with Crippen LogP contribution in [0.5, 0.6) is 0 Å². The minimum absolute atomic E-state index is 0. The maximum Gasteiger partial charge on any atom is 0.407 e. The Bertz CT molecular complexity index is 371. The lowest BCUT2D eigenvalue weighted by Crippen LogP contribution is -2.39. The Labute approximate surface area is 170 Å². The molecule has 0 saturated heterocycles. The van der Waals surface area contributed by atoms with Crippen molar-refractivity contribution in [3.05, 3.63) is 0 Å². The second-order valence-electron chi connectivity index (χ2n) is 7.03. The van der Waals surface area contributed by atoms with Crippen LogP contribution in [0.1, 0.15) is 47.5 Å². The number of carbonyl (C=O) groups is 1. The summed E-state index contributed by atoms with van der Waals surface area (Å²) in [4.78, 5) is 15.6. The van der Waals surface area contributed by atoms with E-state index >= 15 is 0 Å². The lowest BCUT2D eigenvalue weighted by molar-refractivity contribution is 0.0527. The number of nitrogens with one attached hydrogen (secondary N) is 3. The van der Waals surface area contributed by atoms with E-state index in [0.717, 1.165) is 45.1 Å². The zero-order valence-electron chi connectivity index (χ0n) is 16.6. The standard InChI is InChI=1S/C17H36N4O3.HI/c1-14(2)13-23-12-8-11-20-15(18-6)19-9-7-10-21-16(22)24-17(3,4)5;/h14H,7-13H2,1-6H3,(H,21,22)(H2,18,19,20);1H. The molecule has 0 atom stereocenters. The van der Waals surface area contributed by atoms with Gasteiger partial charge in [-0.05, 0) is 39.5 Å². The van der Waals surface area contributed by atoms with Gasteiger partial charge in [0.1, 0.15) is 5.60 Å². The molecule has 0 radical (unpaired) electrons. The van der Waals surface area contributed by atoms with Crippen LogP contribution in [-0.2, 0) is 9.47 Å². The van der Waals surface area contributed by atoms with Gasteiger partial charge in [-0.3, -0.25) is 4.99 Å². The lowest BCUT2D eigenvalue weighted by atomic mass is 10.2. The van der Waals surface area contributed by atoms with Crippen molar-refractivity contribution in [3.8, 4) is 0 Å². The van der Waals surface area contributed by atoms with E-state index in [-0.39, 0.29) is 30.1 Å². The zero-order valence-corrected chi connectivity index (χ0v) is 18.9. The molecule has 0 aliphatic heterocycles. The zero-order chi connectivity index (χ0) is 18.4. The van der Waals surface area contributed by atoms with Crippen LogP contribution in [0.3, 0.4) is 0 Å². The minimum atomic E-state index is -0.465. The number of hydrogen-bond donors (Lipinski definition) is 3. The summed E-state index contributed by atoms with van der Waals surface area (Å²) in [6, 6.07) is 0. The van der Waals surface area contributed by atoms with Crippen LogP contribution in [0, 0.1) is 5.92 Å². The third-order valence-electron chi connectivity index (χ3n) is 2.75. The van der Waals surface area contributed by atoms with Gasteiger partial charge >= 0.3 is 6.09 Å². The van der Waals surface area contributed by atoms with Crippen LogP contribution >= 0.6 is 24.0 Å². The van der Waals surface area contributed by atoms with Crippen molar-refractivity contribution in [1.82, 2.24) is 16.0 Å². The van der Waals surface area contributed by atoms with Gasteiger partial charge in [-0.15, -0.1) is 24.0 Å². The Morgan fingerprint density at radius 2 is 1.60 bits per heavy atom. The summed E-state index contributed by atoms with van der Waals surface area (Å²) >= 11 is 0. The number of halogens is 1. The first-order valence-corrected chi connectivity index (χ1v) is 8.73. The topological polar surface area (TPSA) is 84.0 Å². The molecule has 0 aliphatic carbocycles. The molecule has 0 fully saturated rings. The Morgan fingerprint density at radius 3 is 2.12 bits per heavy atom. The Hall–Kier alpha value is -0.770. The van der Waals surface area contributed by atoms with Crippen LogP contribution in [0.25, 0.3) is 0 Å². The van der Waals surface area contributed by atoms with Crippen LogP contribution < -0.4 is 16.0 Å². The first-order chi connectivity index (χ1) is 11.2. The summed E-state index contributed by atoms with van der Waals surface area (Å²) in [6.07, 6.45) is 1.34. The van der Waals surface area contributed by atoms with Gasteiger partial charge in [0.15, 0.2) is 5.96 Å². The molecule has 0 aromatic rings. The SMILES string of the molecule is CN=C(NCCCNC(=O)OC(C)(C)C)NCCCOCC(C)C.I. The molecule has 0 aromatic heterocycles. The quantitative estimate of drug-likeness (QED) is 0.197. The number of hydrogen-bond acceptors (Lipinski definition) is 4. The van der Waals surface area contributed by atoms with Gasteiger partial charge < -0.3 is 25.4 Å². The summed E-state index contributed by atoms with van der Waals surface area (Å²) in [7, 11) is 1.74. The molecule has 150 valence electrons. The van der Waals surface area contributed by atoms with Crippen LogP contribution in [0.2, 0.25) is 0 Å². The predicted molar refractivity (Wildman–Crippen MR) is 114 cm³/mol. The molecule has 0 unspecified atom stereocenters.